The van der Waals surface area contributed by atoms with Gasteiger partial charge < -0.3 is 15.0 Å². The Morgan fingerprint density at radius 3 is 2.81 bits per heavy atom. The summed E-state index contributed by atoms with van der Waals surface area (Å²) < 4.78 is 5.17. The molecule has 2 heterocycles. The van der Waals surface area contributed by atoms with Crippen molar-refractivity contribution in [1.29, 1.82) is 0 Å². The zero-order valence-corrected chi connectivity index (χ0v) is 15.9. The van der Waals surface area contributed by atoms with Crippen LogP contribution >= 0.6 is 11.8 Å². The molecule has 1 amide bonds. The third-order valence-corrected chi connectivity index (χ3v) is 5.36. The predicted octanol–water partition coefficient (Wildman–Crippen LogP) is 3.92. The number of nitrogens with zero attached hydrogens (tertiary/aromatic N) is 2. The normalized spacial score (nSPS) is 14.8. The van der Waals surface area contributed by atoms with E-state index < -0.39 is 0 Å². The summed E-state index contributed by atoms with van der Waals surface area (Å²) in [4.78, 5) is 19.3. The van der Waals surface area contributed by atoms with Gasteiger partial charge in [-0.05, 0) is 50.2 Å². The molecule has 5 nitrogen and oxygen atoms in total. The van der Waals surface area contributed by atoms with Gasteiger partial charge in [0.25, 0.3) is 5.91 Å². The molecule has 0 unspecified atom stereocenters. The lowest BCUT2D eigenvalue weighted by molar-refractivity contribution is 0.102. The Bertz CT molecular complexity index is 715. The Morgan fingerprint density at radius 1 is 1.23 bits per heavy atom. The Kier molecular flexibility index (Phi) is 6.91. The van der Waals surface area contributed by atoms with E-state index in [0.717, 1.165) is 17.3 Å². The zero-order chi connectivity index (χ0) is 18.2. The fourth-order valence-electron chi connectivity index (χ4n) is 2.97. The fourth-order valence-corrected chi connectivity index (χ4v) is 3.82. The first-order valence-corrected chi connectivity index (χ1v) is 10.00. The number of carbonyl (C=O) groups excluding carboxylic acids is 1. The minimum atomic E-state index is -0.171. The monoisotopic (exact) mass is 371 g/mol. The lowest BCUT2D eigenvalue weighted by atomic mass is 10.1. The van der Waals surface area contributed by atoms with Crippen LogP contribution < -0.4 is 10.1 Å². The number of benzene rings is 1. The molecule has 1 N–H and O–H groups in total. The smallest absolute Gasteiger partial charge is 0.257 e. The molecular formula is C20H25N3O2S. The van der Waals surface area contributed by atoms with Gasteiger partial charge in [0.1, 0.15) is 5.75 Å². The van der Waals surface area contributed by atoms with Gasteiger partial charge in [0.15, 0.2) is 0 Å². The lowest BCUT2D eigenvalue weighted by Crippen LogP contribution is -2.31. The number of rotatable bonds is 7. The van der Waals surface area contributed by atoms with Crippen LogP contribution in [0.5, 0.6) is 5.75 Å². The van der Waals surface area contributed by atoms with E-state index in [1.165, 1.54) is 32.4 Å². The van der Waals surface area contributed by atoms with Crippen molar-refractivity contribution in [3.63, 3.8) is 0 Å². The number of amides is 1. The Balaban J connectivity index is 1.49. The van der Waals surface area contributed by atoms with Crippen molar-refractivity contribution in [2.24, 2.45) is 0 Å². The van der Waals surface area contributed by atoms with Crippen LogP contribution in [0, 0.1) is 0 Å². The molecular weight excluding hydrogens is 346 g/mol. The summed E-state index contributed by atoms with van der Waals surface area (Å²) in [5.74, 6) is 1.57. The number of piperidine rings is 1. The highest BCUT2D eigenvalue weighted by Gasteiger charge is 2.10. The molecule has 0 saturated carbocycles. The van der Waals surface area contributed by atoms with Gasteiger partial charge in [0, 0.05) is 30.2 Å². The summed E-state index contributed by atoms with van der Waals surface area (Å²) in [7, 11) is 1.60. The van der Waals surface area contributed by atoms with Gasteiger partial charge in [0.05, 0.1) is 17.7 Å². The van der Waals surface area contributed by atoms with Crippen molar-refractivity contribution < 1.29 is 9.53 Å². The Morgan fingerprint density at radius 2 is 2.08 bits per heavy atom. The molecule has 6 heteroatoms. The highest BCUT2D eigenvalue weighted by molar-refractivity contribution is 7.99. The van der Waals surface area contributed by atoms with Gasteiger partial charge >= 0.3 is 0 Å². The molecule has 0 spiro atoms. The van der Waals surface area contributed by atoms with Gasteiger partial charge in [-0.15, -0.1) is 11.8 Å². The van der Waals surface area contributed by atoms with Gasteiger partial charge in [-0.1, -0.05) is 12.5 Å². The quantitative estimate of drug-likeness (QED) is 0.748. The number of anilines is 1. The van der Waals surface area contributed by atoms with Gasteiger partial charge in [0.2, 0.25) is 0 Å². The number of nitrogens with one attached hydrogen (secondary N) is 1. The fraction of sp³-hybridized carbons (Fsp3) is 0.400. The third-order valence-electron chi connectivity index (χ3n) is 4.43. The summed E-state index contributed by atoms with van der Waals surface area (Å²) >= 11 is 1.74. The molecule has 0 bridgehead atoms. The standard InChI is InChI=1S/C20H25N3O2S/c1-25-18-7-5-6-17(14-18)22-20(24)16-8-9-19(21-15-16)26-13-12-23-10-3-2-4-11-23/h5-9,14-15H,2-4,10-13H2,1H3,(H,22,24). The van der Waals surface area contributed by atoms with E-state index >= 15 is 0 Å². The predicted molar refractivity (Wildman–Crippen MR) is 106 cm³/mol. The second-order valence-corrected chi connectivity index (χ2v) is 7.44. The largest absolute Gasteiger partial charge is 0.497 e. The molecule has 2 aromatic rings. The number of methoxy groups -OCH3 is 1. The molecule has 1 aliphatic rings. The van der Waals surface area contributed by atoms with Crippen molar-refractivity contribution in [3.8, 4) is 5.75 Å². The molecule has 1 saturated heterocycles. The van der Waals surface area contributed by atoms with E-state index in [4.69, 9.17) is 4.74 Å². The van der Waals surface area contributed by atoms with Crippen LogP contribution in [0.15, 0.2) is 47.6 Å². The molecule has 1 aliphatic heterocycles. The van der Waals surface area contributed by atoms with Crippen LogP contribution in [-0.2, 0) is 0 Å². The molecule has 1 aromatic heterocycles. The molecule has 0 aliphatic carbocycles. The maximum Gasteiger partial charge on any atom is 0.257 e. The molecule has 138 valence electrons. The number of ether oxygens (including phenoxy) is 1. The van der Waals surface area contributed by atoms with Gasteiger partial charge in [-0.25, -0.2) is 4.98 Å². The lowest BCUT2D eigenvalue weighted by Gasteiger charge is -2.25. The highest BCUT2D eigenvalue weighted by Crippen LogP contribution is 2.19. The first-order valence-electron chi connectivity index (χ1n) is 9.01. The van der Waals surface area contributed by atoms with Crippen molar-refractivity contribution in [2.45, 2.75) is 24.3 Å². The van der Waals surface area contributed by atoms with Gasteiger partial charge in [-0.3, -0.25) is 4.79 Å². The van der Waals surface area contributed by atoms with Crippen LogP contribution in [-0.4, -0.2) is 48.3 Å². The average molecular weight is 372 g/mol. The first kappa shape index (κ1) is 18.7. The molecule has 0 atom stereocenters. The second kappa shape index (κ2) is 9.59. The number of carbonyl (C=O) groups is 1. The SMILES string of the molecule is COc1cccc(NC(=O)c2ccc(SCCN3CCCCC3)nc2)c1. The summed E-state index contributed by atoms with van der Waals surface area (Å²) in [6.45, 7) is 3.54. The van der Waals surface area contributed by atoms with Crippen LogP contribution in [0.3, 0.4) is 0 Å². The summed E-state index contributed by atoms with van der Waals surface area (Å²) in [5.41, 5.74) is 1.25. The second-order valence-electron chi connectivity index (χ2n) is 6.32. The van der Waals surface area contributed by atoms with Crippen molar-refractivity contribution in [1.82, 2.24) is 9.88 Å². The van der Waals surface area contributed by atoms with Crippen molar-refractivity contribution >= 4 is 23.4 Å². The van der Waals surface area contributed by atoms with Crippen molar-refractivity contribution in [3.05, 3.63) is 48.2 Å². The Hall–Kier alpha value is -2.05. The van der Waals surface area contributed by atoms with Crippen LogP contribution in [0.2, 0.25) is 0 Å². The van der Waals surface area contributed by atoms with Crippen molar-refractivity contribution in [2.75, 3.05) is 37.8 Å². The third kappa shape index (κ3) is 5.47. The average Bonchev–Trinajstić information content (AvgIpc) is 2.69. The van der Waals surface area contributed by atoms with E-state index in [1.807, 2.05) is 30.3 Å². The maximum atomic E-state index is 12.3. The molecule has 3 rings (SSSR count). The van der Waals surface area contributed by atoms with E-state index in [-0.39, 0.29) is 5.91 Å². The topological polar surface area (TPSA) is 54.5 Å². The van der Waals surface area contributed by atoms with Crippen LogP contribution in [0.1, 0.15) is 29.6 Å². The zero-order valence-electron chi connectivity index (χ0n) is 15.1. The number of hydrogen-bond donors (Lipinski definition) is 1. The van der Waals surface area contributed by atoms with Crippen LogP contribution in [0.25, 0.3) is 0 Å². The molecule has 1 aromatic carbocycles. The van der Waals surface area contributed by atoms with Gasteiger partial charge in [-0.2, -0.15) is 0 Å². The van der Waals surface area contributed by atoms with Crippen LogP contribution in [0.4, 0.5) is 5.69 Å². The number of thioether (sulfide) groups is 1. The van der Waals surface area contributed by atoms with E-state index in [1.54, 1.807) is 31.1 Å². The summed E-state index contributed by atoms with van der Waals surface area (Å²) in [5, 5.41) is 3.82. The highest BCUT2D eigenvalue weighted by atomic mass is 32.2. The summed E-state index contributed by atoms with van der Waals surface area (Å²) in [6.07, 6.45) is 5.64. The minimum absolute atomic E-state index is 0.171. The van der Waals surface area contributed by atoms with E-state index in [2.05, 4.69) is 15.2 Å². The molecule has 26 heavy (non-hydrogen) atoms. The molecule has 0 radical (unpaired) electrons. The first-order chi connectivity index (χ1) is 12.7. The number of likely N-dealkylation sites (tertiary alicyclic amines) is 1. The minimum Gasteiger partial charge on any atom is -0.497 e. The maximum absolute atomic E-state index is 12.3. The number of pyridine rings is 1. The number of aromatic nitrogens is 1. The van der Waals surface area contributed by atoms with E-state index in [0.29, 0.717) is 17.0 Å². The summed E-state index contributed by atoms with van der Waals surface area (Å²) in [6, 6.07) is 11.0. The number of hydrogen-bond acceptors (Lipinski definition) is 5. The Labute approximate surface area is 159 Å². The van der Waals surface area contributed by atoms with E-state index in [9.17, 15) is 4.79 Å². The molecule has 1 fully saturated rings.